The van der Waals surface area contributed by atoms with Crippen molar-refractivity contribution < 1.29 is 13.9 Å². The number of benzene rings is 1. The minimum atomic E-state index is -0.325. The summed E-state index contributed by atoms with van der Waals surface area (Å²) in [6, 6.07) is 8.17. The number of aromatic nitrogens is 1. The Morgan fingerprint density at radius 2 is 1.86 bits per heavy atom. The first kappa shape index (κ1) is 15.3. The van der Waals surface area contributed by atoms with Gasteiger partial charge in [0, 0.05) is 12.5 Å². The molecule has 0 amide bonds. The number of nitrogens with zero attached hydrogens (tertiary/aromatic N) is 1. The molecule has 0 aliphatic carbocycles. The van der Waals surface area contributed by atoms with Gasteiger partial charge in [-0.05, 0) is 30.0 Å². The van der Waals surface area contributed by atoms with E-state index in [1.807, 2.05) is 19.1 Å². The zero-order valence-corrected chi connectivity index (χ0v) is 13.2. The van der Waals surface area contributed by atoms with Crippen molar-refractivity contribution in [2.45, 2.75) is 46.6 Å². The molecule has 2 aromatic rings. The van der Waals surface area contributed by atoms with Crippen LogP contribution in [0.4, 0.5) is 0 Å². The van der Waals surface area contributed by atoms with Crippen LogP contribution in [0.5, 0.6) is 0 Å². The fourth-order valence-corrected chi connectivity index (χ4v) is 1.97. The molecule has 0 N–H and O–H groups in total. The maximum atomic E-state index is 10.9. The fourth-order valence-electron chi connectivity index (χ4n) is 1.97. The predicted molar refractivity (Wildman–Crippen MR) is 80.8 cm³/mol. The topological polar surface area (TPSA) is 52.3 Å². The molecule has 0 aliphatic rings. The van der Waals surface area contributed by atoms with Crippen molar-refractivity contribution in [1.29, 1.82) is 0 Å². The van der Waals surface area contributed by atoms with Crippen LogP contribution in [-0.4, -0.2) is 11.0 Å². The minimum absolute atomic E-state index is 0.117. The van der Waals surface area contributed by atoms with Gasteiger partial charge in [-0.3, -0.25) is 4.79 Å². The Balaban J connectivity index is 2.22. The van der Waals surface area contributed by atoms with Gasteiger partial charge in [0.15, 0.2) is 0 Å². The number of aryl methyl sites for hydroxylation is 1. The Bertz CT molecular complexity index is 633. The first-order valence-corrected chi connectivity index (χ1v) is 6.98. The Hall–Kier alpha value is -2.10. The minimum Gasteiger partial charge on any atom is -0.459 e. The van der Waals surface area contributed by atoms with Crippen LogP contribution >= 0.6 is 0 Å². The van der Waals surface area contributed by atoms with Gasteiger partial charge in [0.05, 0.1) is 0 Å². The van der Waals surface area contributed by atoms with Crippen molar-refractivity contribution in [3.05, 3.63) is 41.3 Å². The summed E-state index contributed by atoms with van der Waals surface area (Å²) >= 11 is 0. The highest BCUT2D eigenvalue weighted by Crippen LogP contribution is 2.27. The second kappa shape index (κ2) is 5.72. The average Bonchev–Trinajstić information content (AvgIpc) is 2.77. The van der Waals surface area contributed by atoms with E-state index in [2.05, 4.69) is 37.9 Å². The second-order valence-corrected chi connectivity index (χ2v) is 6.13. The third-order valence-electron chi connectivity index (χ3n) is 3.30. The van der Waals surface area contributed by atoms with E-state index in [9.17, 15) is 4.79 Å². The summed E-state index contributed by atoms with van der Waals surface area (Å²) in [5.74, 6) is 0.898. The number of carbonyl (C=O) groups is 1. The highest BCUT2D eigenvalue weighted by atomic mass is 16.5. The lowest BCUT2D eigenvalue weighted by atomic mass is 9.87. The molecular weight excluding hydrogens is 266 g/mol. The van der Waals surface area contributed by atoms with E-state index in [0.29, 0.717) is 17.3 Å². The summed E-state index contributed by atoms with van der Waals surface area (Å²) < 4.78 is 10.6. The summed E-state index contributed by atoms with van der Waals surface area (Å²) in [5, 5.41) is 0. The van der Waals surface area contributed by atoms with Gasteiger partial charge in [0.25, 0.3) is 0 Å². The van der Waals surface area contributed by atoms with Gasteiger partial charge in [-0.25, -0.2) is 4.98 Å². The third-order valence-corrected chi connectivity index (χ3v) is 3.30. The standard InChI is InChI=1S/C17H21NO3/c1-11-15(10-20-12(2)19)18-16(21-11)13-6-8-14(9-7-13)17(3,4)5/h6-9H,10H2,1-5H3. The number of hydrogen-bond acceptors (Lipinski definition) is 4. The Morgan fingerprint density at radius 3 is 2.38 bits per heavy atom. The second-order valence-electron chi connectivity index (χ2n) is 6.13. The molecule has 0 bridgehead atoms. The van der Waals surface area contributed by atoms with Crippen molar-refractivity contribution in [2.75, 3.05) is 0 Å². The van der Waals surface area contributed by atoms with Crippen LogP contribution in [0.15, 0.2) is 28.7 Å². The molecule has 0 spiro atoms. The van der Waals surface area contributed by atoms with Crippen molar-refractivity contribution in [1.82, 2.24) is 4.98 Å². The van der Waals surface area contributed by atoms with E-state index in [4.69, 9.17) is 9.15 Å². The lowest BCUT2D eigenvalue weighted by Gasteiger charge is -2.18. The number of hydrogen-bond donors (Lipinski definition) is 0. The molecule has 0 saturated carbocycles. The van der Waals surface area contributed by atoms with Crippen molar-refractivity contribution >= 4 is 5.97 Å². The molecule has 0 saturated heterocycles. The molecule has 4 nitrogen and oxygen atoms in total. The number of carbonyl (C=O) groups excluding carboxylic acids is 1. The molecule has 21 heavy (non-hydrogen) atoms. The third kappa shape index (κ3) is 3.72. The summed E-state index contributed by atoms with van der Waals surface area (Å²) in [7, 11) is 0. The lowest BCUT2D eigenvalue weighted by Crippen LogP contribution is -2.10. The lowest BCUT2D eigenvalue weighted by molar-refractivity contribution is -0.142. The van der Waals surface area contributed by atoms with Crippen molar-refractivity contribution in [2.24, 2.45) is 0 Å². The Morgan fingerprint density at radius 1 is 1.24 bits per heavy atom. The maximum Gasteiger partial charge on any atom is 0.303 e. The highest BCUT2D eigenvalue weighted by Gasteiger charge is 2.15. The fraction of sp³-hybridized carbons (Fsp3) is 0.412. The van der Waals surface area contributed by atoms with Crippen molar-refractivity contribution in [3.8, 4) is 11.5 Å². The largest absolute Gasteiger partial charge is 0.459 e. The number of oxazole rings is 1. The van der Waals surface area contributed by atoms with Crippen LogP contribution in [0.1, 0.15) is 44.7 Å². The highest BCUT2D eigenvalue weighted by molar-refractivity contribution is 5.66. The zero-order valence-electron chi connectivity index (χ0n) is 13.2. The molecular formula is C17H21NO3. The summed E-state index contributed by atoms with van der Waals surface area (Å²) in [6.07, 6.45) is 0. The normalized spacial score (nSPS) is 11.5. The van der Waals surface area contributed by atoms with E-state index in [-0.39, 0.29) is 18.0 Å². The SMILES string of the molecule is CC(=O)OCc1nc(-c2ccc(C(C)(C)C)cc2)oc1C. The molecule has 4 heteroatoms. The van der Waals surface area contributed by atoms with Crippen LogP contribution in [0, 0.1) is 6.92 Å². The van der Waals surface area contributed by atoms with Gasteiger partial charge in [-0.1, -0.05) is 32.9 Å². The van der Waals surface area contributed by atoms with Crippen molar-refractivity contribution in [3.63, 3.8) is 0 Å². The quantitative estimate of drug-likeness (QED) is 0.800. The Kier molecular flexibility index (Phi) is 4.16. The molecule has 0 atom stereocenters. The average molecular weight is 287 g/mol. The molecule has 0 radical (unpaired) electrons. The monoisotopic (exact) mass is 287 g/mol. The van der Waals surface area contributed by atoms with Gasteiger partial charge in [0.1, 0.15) is 18.1 Å². The van der Waals surface area contributed by atoms with E-state index in [1.165, 1.54) is 12.5 Å². The first-order chi connectivity index (χ1) is 9.77. The van der Waals surface area contributed by atoms with E-state index in [1.54, 1.807) is 0 Å². The number of esters is 1. The van der Waals surface area contributed by atoms with Gasteiger partial charge in [0.2, 0.25) is 5.89 Å². The van der Waals surface area contributed by atoms with Gasteiger partial charge >= 0.3 is 5.97 Å². The molecule has 0 aliphatic heterocycles. The summed E-state index contributed by atoms with van der Waals surface area (Å²) in [6.45, 7) is 9.86. The summed E-state index contributed by atoms with van der Waals surface area (Å²) in [5.41, 5.74) is 2.95. The molecule has 1 heterocycles. The Labute approximate surface area is 125 Å². The van der Waals surface area contributed by atoms with Gasteiger partial charge in [-0.15, -0.1) is 0 Å². The number of rotatable bonds is 3. The zero-order chi connectivity index (χ0) is 15.6. The molecule has 112 valence electrons. The number of ether oxygens (including phenoxy) is 1. The van der Waals surface area contributed by atoms with E-state index in [0.717, 1.165) is 5.56 Å². The first-order valence-electron chi connectivity index (χ1n) is 6.98. The molecule has 1 aromatic heterocycles. The predicted octanol–water partition coefficient (Wildman–Crippen LogP) is 4.01. The maximum absolute atomic E-state index is 10.9. The molecule has 0 unspecified atom stereocenters. The summed E-state index contributed by atoms with van der Waals surface area (Å²) in [4.78, 5) is 15.3. The molecule has 2 rings (SSSR count). The van der Waals surface area contributed by atoms with Crippen LogP contribution in [0.3, 0.4) is 0 Å². The molecule has 1 aromatic carbocycles. The van der Waals surface area contributed by atoms with Crippen LogP contribution < -0.4 is 0 Å². The van der Waals surface area contributed by atoms with Crippen LogP contribution in [0.2, 0.25) is 0 Å². The van der Waals surface area contributed by atoms with Crippen LogP contribution in [0.25, 0.3) is 11.5 Å². The van der Waals surface area contributed by atoms with Crippen LogP contribution in [-0.2, 0) is 21.6 Å². The smallest absolute Gasteiger partial charge is 0.303 e. The molecule has 0 fully saturated rings. The van der Waals surface area contributed by atoms with Gasteiger partial charge in [-0.2, -0.15) is 0 Å². The van der Waals surface area contributed by atoms with E-state index >= 15 is 0 Å². The van der Waals surface area contributed by atoms with Gasteiger partial charge < -0.3 is 9.15 Å². The van der Waals surface area contributed by atoms with E-state index < -0.39 is 0 Å².